The molecule has 3 rings (SSSR count). The Labute approximate surface area is 137 Å². The minimum absolute atomic E-state index is 0.0581. The molecule has 1 heterocycles. The highest BCUT2D eigenvalue weighted by molar-refractivity contribution is 5.38. The van der Waals surface area contributed by atoms with E-state index in [1.54, 1.807) is 0 Å². The van der Waals surface area contributed by atoms with Crippen molar-refractivity contribution in [3.63, 3.8) is 0 Å². The van der Waals surface area contributed by atoms with Gasteiger partial charge in [-0.1, -0.05) is 0 Å². The lowest BCUT2D eigenvalue weighted by Crippen LogP contribution is -2.29. The zero-order valence-corrected chi connectivity index (χ0v) is 12.7. The van der Waals surface area contributed by atoms with Gasteiger partial charge in [-0.25, -0.2) is 8.78 Å². The lowest BCUT2D eigenvalue weighted by Gasteiger charge is -2.30. The summed E-state index contributed by atoms with van der Waals surface area (Å²) in [4.78, 5) is 0. The van der Waals surface area contributed by atoms with Gasteiger partial charge in [0.1, 0.15) is 6.10 Å². The van der Waals surface area contributed by atoms with E-state index in [1.807, 2.05) is 0 Å². The molecule has 142 valence electrons. The fraction of sp³-hybridized carbons (Fsp3) is 0.786. The Morgan fingerprint density at radius 1 is 1.24 bits per heavy atom. The topological polar surface area (TPSA) is 47.3 Å². The Bertz CT molecular complexity index is 644. The predicted molar refractivity (Wildman–Crippen MR) is 69.2 cm³/mol. The molecule has 2 aliphatic carbocycles. The van der Waals surface area contributed by atoms with Crippen molar-refractivity contribution in [1.82, 2.24) is 9.78 Å². The number of aromatic nitrogens is 2. The average molecular weight is 376 g/mol. The van der Waals surface area contributed by atoms with Gasteiger partial charge in [-0.15, -0.1) is 0 Å². The number of hydrogen-bond acceptors (Lipinski definition) is 3. The SMILES string of the molecule is O[C@H]1c2c(C(F)(F)F)nn([C@H]3CCC[C@@H](OC(F)F)C3)c2CC1(F)F. The number of fused-ring (bicyclic) bond motifs is 1. The number of aliphatic hydroxyl groups excluding tert-OH is 1. The molecule has 25 heavy (non-hydrogen) atoms. The van der Waals surface area contributed by atoms with E-state index in [1.165, 1.54) is 0 Å². The fourth-order valence-corrected chi connectivity index (χ4v) is 3.60. The molecule has 0 bridgehead atoms. The highest BCUT2D eigenvalue weighted by atomic mass is 19.4. The van der Waals surface area contributed by atoms with Gasteiger partial charge in [0.05, 0.1) is 24.3 Å². The highest BCUT2D eigenvalue weighted by Crippen LogP contribution is 2.49. The molecule has 0 aliphatic heterocycles. The summed E-state index contributed by atoms with van der Waals surface area (Å²) in [7, 11) is 0. The van der Waals surface area contributed by atoms with Crippen LogP contribution in [-0.4, -0.2) is 33.5 Å². The van der Waals surface area contributed by atoms with Gasteiger partial charge in [0, 0.05) is 5.56 Å². The van der Waals surface area contributed by atoms with Crippen molar-refractivity contribution in [2.24, 2.45) is 0 Å². The summed E-state index contributed by atoms with van der Waals surface area (Å²) in [6.45, 7) is -3.02. The van der Waals surface area contributed by atoms with Crippen molar-refractivity contribution in [1.29, 1.82) is 0 Å². The van der Waals surface area contributed by atoms with Gasteiger partial charge in [-0.3, -0.25) is 4.68 Å². The molecule has 2 aliphatic rings. The molecule has 1 aromatic heterocycles. The van der Waals surface area contributed by atoms with Crippen LogP contribution >= 0.6 is 0 Å². The van der Waals surface area contributed by atoms with Gasteiger partial charge in [0.25, 0.3) is 5.92 Å². The van der Waals surface area contributed by atoms with E-state index in [9.17, 15) is 35.8 Å². The normalized spacial score (nSPS) is 29.2. The van der Waals surface area contributed by atoms with Crippen LogP contribution in [0.1, 0.15) is 54.8 Å². The minimum Gasteiger partial charge on any atom is -0.382 e. The van der Waals surface area contributed by atoms with E-state index in [4.69, 9.17) is 0 Å². The molecule has 0 spiro atoms. The van der Waals surface area contributed by atoms with Crippen LogP contribution < -0.4 is 0 Å². The first kappa shape index (κ1) is 18.4. The van der Waals surface area contributed by atoms with Crippen molar-refractivity contribution in [2.45, 2.75) is 69.1 Å². The van der Waals surface area contributed by atoms with Crippen LogP contribution in [0.4, 0.5) is 30.7 Å². The van der Waals surface area contributed by atoms with Crippen LogP contribution in [0.15, 0.2) is 0 Å². The van der Waals surface area contributed by atoms with Gasteiger partial charge in [0.2, 0.25) is 0 Å². The van der Waals surface area contributed by atoms with E-state index in [0.717, 1.165) is 4.68 Å². The molecule has 4 nitrogen and oxygen atoms in total. The third-order valence-electron chi connectivity index (χ3n) is 4.64. The molecule has 3 atom stereocenters. The van der Waals surface area contributed by atoms with Crippen molar-refractivity contribution in [3.8, 4) is 0 Å². The number of alkyl halides is 7. The maximum Gasteiger partial charge on any atom is 0.435 e. The standard InChI is InChI=1S/C14H15F7N2O2/c15-12(16)25-7-3-1-2-6(4-7)23-8-5-13(17,18)11(24)9(8)10(22-23)14(19,20)21/h6-7,11-12,24H,1-5H2/t6-,7+,11-/m0/s1. The van der Waals surface area contributed by atoms with Crippen molar-refractivity contribution < 1.29 is 40.6 Å². The van der Waals surface area contributed by atoms with E-state index in [2.05, 4.69) is 9.84 Å². The Morgan fingerprint density at radius 3 is 2.52 bits per heavy atom. The number of ether oxygens (including phenoxy) is 1. The highest BCUT2D eigenvalue weighted by Gasteiger charge is 2.55. The van der Waals surface area contributed by atoms with Crippen LogP contribution in [0.25, 0.3) is 0 Å². The first-order valence-electron chi connectivity index (χ1n) is 7.68. The number of halogens is 7. The second-order valence-electron chi connectivity index (χ2n) is 6.33. The third kappa shape index (κ3) is 3.35. The van der Waals surface area contributed by atoms with Crippen LogP contribution in [0, 0.1) is 0 Å². The molecular formula is C14H15F7N2O2. The molecule has 0 radical (unpaired) electrons. The molecular weight excluding hydrogens is 361 g/mol. The van der Waals surface area contributed by atoms with Gasteiger partial charge in [-0.05, 0) is 25.7 Å². The molecule has 1 saturated carbocycles. The Hall–Kier alpha value is -1.36. The van der Waals surface area contributed by atoms with Gasteiger partial charge in [0.15, 0.2) is 5.69 Å². The second-order valence-corrected chi connectivity index (χ2v) is 6.33. The maximum absolute atomic E-state index is 13.7. The zero-order chi connectivity index (χ0) is 18.6. The van der Waals surface area contributed by atoms with Crippen LogP contribution in [-0.2, 0) is 17.3 Å². The quantitative estimate of drug-likeness (QED) is 0.816. The number of hydrogen-bond donors (Lipinski definition) is 1. The monoisotopic (exact) mass is 376 g/mol. The molecule has 0 amide bonds. The zero-order valence-electron chi connectivity index (χ0n) is 12.7. The van der Waals surface area contributed by atoms with E-state index < -0.39 is 60.3 Å². The van der Waals surface area contributed by atoms with Gasteiger partial charge in [-0.2, -0.15) is 27.1 Å². The van der Waals surface area contributed by atoms with E-state index in [-0.39, 0.29) is 6.42 Å². The summed E-state index contributed by atoms with van der Waals surface area (Å²) in [5, 5.41) is 13.0. The van der Waals surface area contributed by atoms with Crippen LogP contribution in [0.3, 0.4) is 0 Å². The molecule has 0 saturated heterocycles. The lowest BCUT2D eigenvalue weighted by molar-refractivity contribution is -0.172. The molecule has 1 N–H and O–H groups in total. The smallest absolute Gasteiger partial charge is 0.382 e. The summed E-state index contributed by atoms with van der Waals surface area (Å²) in [6.07, 6.45) is -8.64. The molecule has 11 heteroatoms. The van der Waals surface area contributed by atoms with Crippen molar-refractivity contribution in [3.05, 3.63) is 17.0 Å². The Kier molecular flexibility index (Phi) is 4.51. The van der Waals surface area contributed by atoms with Crippen LogP contribution in [0.2, 0.25) is 0 Å². The summed E-state index contributed by atoms with van der Waals surface area (Å²) >= 11 is 0. The van der Waals surface area contributed by atoms with Crippen molar-refractivity contribution in [2.75, 3.05) is 0 Å². The number of aliphatic hydroxyl groups is 1. The predicted octanol–water partition coefficient (Wildman–Crippen LogP) is 3.85. The summed E-state index contributed by atoms with van der Waals surface area (Å²) in [5.41, 5.74) is -2.87. The summed E-state index contributed by atoms with van der Waals surface area (Å²) in [6, 6.07) is -0.775. The summed E-state index contributed by atoms with van der Waals surface area (Å²) in [5.74, 6) is -3.73. The fourth-order valence-electron chi connectivity index (χ4n) is 3.60. The second kappa shape index (κ2) is 6.11. The molecule has 0 aromatic carbocycles. The average Bonchev–Trinajstić information content (AvgIpc) is 2.94. The number of nitrogens with zero attached hydrogens (tertiary/aromatic N) is 2. The Balaban J connectivity index is 1.97. The van der Waals surface area contributed by atoms with Gasteiger partial charge >= 0.3 is 12.8 Å². The van der Waals surface area contributed by atoms with E-state index >= 15 is 0 Å². The molecule has 1 fully saturated rings. The third-order valence-corrected chi connectivity index (χ3v) is 4.64. The Morgan fingerprint density at radius 2 is 1.92 bits per heavy atom. The van der Waals surface area contributed by atoms with Crippen molar-refractivity contribution >= 4 is 0 Å². The number of rotatable bonds is 3. The minimum atomic E-state index is -5.01. The van der Waals surface area contributed by atoms with Gasteiger partial charge < -0.3 is 9.84 Å². The maximum atomic E-state index is 13.7. The largest absolute Gasteiger partial charge is 0.435 e. The first-order valence-corrected chi connectivity index (χ1v) is 7.68. The van der Waals surface area contributed by atoms with E-state index in [0.29, 0.717) is 19.3 Å². The lowest BCUT2D eigenvalue weighted by atomic mass is 9.92. The molecule has 1 aromatic rings. The van der Waals surface area contributed by atoms with Crippen LogP contribution in [0.5, 0.6) is 0 Å². The first-order chi connectivity index (χ1) is 11.5. The molecule has 0 unspecified atom stereocenters. The summed E-state index contributed by atoms with van der Waals surface area (Å²) < 4.78 is 96.9.